The number of benzene rings is 1. The van der Waals surface area contributed by atoms with E-state index in [-0.39, 0.29) is 11.4 Å². The minimum Gasteiger partial charge on any atom is -0.384 e. The van der Waals surface area contributed by atoms with Crippen molar-refractivity contribution in [3.05, 3.63) is 46.4 Å². The van der Waals surface area contributed by atoms with Crippen molar-refractivity contribution in [2.75, 3.05) is 5.73 Å². The fourth-order valence-corrected chi connectivity index (χ4v) is 2.02. The van der Waals surface area contributed by atoms with E-state index in [9.17, 15) is 10.1 Å². The highest BCUT2D eigenvalue weighted by Gasteiger charge is 2.15. The topological polar surface area (TPSA) is 84.7 Å². The Labute approximate surface area is 117 Å². The highest BCUT2D eigenvalue weighted by molar-refractivity contribution is 5.71. The molecule has 0 unspecified atom stereocenters. The average Bonchev–Trinajstić information content (AvgIpc) is 2.47. The SMILES string of the molecule is CCCCn1c(N)c(C#N)c(-c2ccccc2)nc1=O. The molecule has 0 amide bonds. The Morgan fingerprint density at radius 1 is 1.35 bits per heavy atom. The van der Waals surface area contributed by atoms with Crippen LogP contribution in [0.25, 0.3) is 11.3 Å². The highest BCUT2D eigenvalue weighted by atomic mass is 16.1. The van der Waals surface area contributed by atoms with Gasteiger partial charge in [0.15, 0.2) is 0 Å². The number of anilines is 1. The zero-order valence-electron chi connectivity index (χ0n) is 11.3. The summed E-state index contributed by atoms with van der Waals surface area (Å²) in [6, 6.07) is 11.2. The second-order valence-electron chi connectivity index (χ2n) is 4.49. The highest BCUT2D eigenvalue weighted by Crippen LogP contribution is 2.23. The molecule has 20 heavy (non-hydrogen) atoms. The van der Waals surface area contributed by atoms with Gasteiger partial charge in [-0.1, -0.05) is 43.7 Å². The smallest absolute Gasteiger partial charge is 0.349 e. The van der Waals surface area contributed by atoms with Crippen molar-refractivity contribution in [3.8, 4) is 17.3 Å². The Morgan fingerprint density at radius 3 is 2.65 bits per heavy atom. The number of unbranched alkanes of at least 4 members (excludes halogenated alkanes) is 1. The molecule has 5 nitrogen and oxygen atoms in total. The van der Waals surface area contributed by atoms with E-state index in [1.165, 1.54) is 4.57 Å². The molecule has 1 aromatic carbocycles. The molecular formula is C15H16N4O. The summed E-state index contributed by atoms with van der Waals surface area (Å²) in [6.45, 7) is 2.51. The Bertz CT molecular complexity index is 698. The minimum absolute atomic E-state index is 0.194. The Morgan fingerprint density at radius 2 is 2.05 bits per heavy atom. The van der Waals surface area contributed by atoms with Gasteiger partial charge in [-0.05, 0) is 6.42 Å². The van der Waals surface area contributed by atoms with E-state index < -0.39 is 5.69 Å². The average molecular weight is 268 g/mol. The summed E-state index contributed by atoms with van der Waals surface area (Å²) in [6.07, 6.45) is 1.76. The summed E-state index contributed by atoms with van der Waals surface area (Å²) in [7, 11) is 0. The second-order valence-corrected chi connectivity index (χ2v) is 4.49. The summed E-state index contributed by atoms with van der Waals surface area (Å²) in [4.78, 5) is 16.1. The van der Waals surface area contributed by atoms with E-state index in [1.807, 2.05) is 25.1 Å². The number of hydrogen-bond acceptors (Lipinski definition) is 4. The van der Waals surface area contributed by atoms with Crippen LogP contribution in [0.1, 0.15) is 25.3 Å². The van der Waals surface area contributed by atoms with Gasteiger partial charge in [-0.15, -0.1) is 0 Å². The number of aromatic nitrogens is 2. The molecule has 1 heterocycles. The first-order valence-electron chi connectivity index (χ1n) is 6.54. The quantitative estimate of drug-likeness (QED) is 0.920. The van der Waals surface area contributed by atoms with E-state index in [1.54, 1.807) is 12.1 Å². The van der Waals surface area contributed by atoms with Gasteiger partial charge in [-0.25, -0.2) is 4.79 Å². The summed E-state index contributed by atoms with van der Waals surface area (Å²) < 4.78 is 1.37. The third-order valence-electron chi connectivity index (χ3n) is 3.12. The number of nitrogens with zero attached hydrogens (tertiary/aromatic N) is 3. The van der Waals surface area contributed by atoms with Crippen molar-refractivity contribution in [2.45, 2.75) is 26.3 Å². The molecule has 0 saturated heterocycles. The van der Waals surface area contributed by atoms with E-state index in [2.05, 4.69) is 11.1 Å². The van der Waals surface area contributed by atoms with Gasteiger partial charge >= 0.3 is 5.69 Å². The second kappa shape index (κ2) is 6.02. The predicted molar refractivity (Wildman–Crippen MR) is 78.0 cm³/mol. The van der Waals surface area contributed by atoms with Crippen LogP contribution in [0.2, 0.25) is 0 Å². The lowest BCUT2D eigenvalue weighted by Gasteiger charge is -2.12. The molecule has 0 aliphatic rings. The fourth-order valence-electron chi connectivity index (χ4n) is 2.02. The van der Waals surface area contributed by atoms with Gasteiger partial charge in [0.1, 0.15) is 17.5 Å². The van der Waals surface area contributed by atoms with Crippen molar-refractivity contribution in [2.24, 2.45) is 0 Å². The molecule has 2 rings (SSSR count). The minimum atomic E-state index is -0.409. The summed E-state index contributed by atoms with van der Waals surface area (Å²) in [5.41, 5.74) is 6.89. The first kappa shape index (κ1) is 13.8. The third kappa shape index (κ3) is 2.54. The molecule has 0 atom stereocenters. The molecule has 0 spiro atoms. The summed E-state index contributed by atoms with van der Waals surface area (Å²) in [5, 5.41) is 9.32. The van der Waals surface area contributed by atoms with Crippen LogP contribution in [0.4, 0.5) is 5.82 Å². The predicted octanol–water partition coefficient (Wildman–Crippen LogP) is 2.16. The Hall–Kier alpha value is -2.61. The lowest BCUT2D eigenvalue weighted by atomic mass is 10.1. The molecule has 0 radical (unpaired) electrons. The summed E-state index contributed by atoms with van der Waals surface area (Å²) in [5.74, 6) is 0.194. The van der Waals surface area contributed by atoms with Crippen molar-refractivity contribution in [3.63, 3.8) is 0 Å². The molecule has 1 aromatic heterocycles. The maximum absolute atomic E-state index is 12.1. The zero-order chi connectivity index (χ0) is 14.5. The maximum atomic E-state index is 12.1. The van der Waals surface area contributed by atoms with Gasteiger partial charge in [-0.2, -0.15) is 10.2 Å². The van der Waals surface area contributed by atoms with Gasteiger partial charge in [-0.3, -0.25) is 4.57 Å². The van der Waals surface area contributed by atoms with Crippen LogP contribution in [0.3, 0.4) is 0 Å². The molecule has 0 bridgehead atoms. The van der Waals surface area contributed by atoms with Crippen LogP contribution in [0.5, 0.6) is 0 Å². The Balaban J connectivity index is 2.62. The fraction of sp³-hybridized carbons (Fsp3) is 0.267. The van der Waals surface area contributed by atoms with Crippen molar-refractivity contribution in [1.82, 2.24) is 9.55 Å². The Kier molecular flexibility index (Phi) is 4.16. The van der Waals surface area contributed by atoms with Crippen molar-refractivity contribution in [1.29, 1.82) is 5.26 Å². The monoisotopic (exact) mass is 268 g/mol. The maximum Gasteiger partial charge on any atom is 0.349 e. The molecule has 0 fully saturated rings. The van der Waals surface area contributed by atoms with Crippen LogP contribution >= 0.6 is 0 Å². The zero-order valence-corrected chi connectivity index (χ0v) is 11.3. The number of rotatable bonds is 4. The number of hydrogen-bond donors (Lipinski definition) is 1. The van der Waals surface area contributed by atoms with Crippen LogP contribution in [-0.2, 0) is 6.54 Å². The van der Waals surface area contributed by atoms with Gasteiger partial charge in [0.25, 0.3) is 0 Å². The molecule has 102 valence electrons. The lowest BCUT2D eigenvalue weighted by molar-refractivity contribution is 0.607. The van der Waals surface area contributed by atoms with Crippen molar-refractivity contribution < 1.29 is 0 Å². The molecule has 0 aliphatic carbocycles. The van der Waals surface area contributed by atoms with Crippen LogP contribution < -0.4 is 11.4 Å². The number of nitriles is 1. The van der Waals surface area contributed by atoms with Crippen molar-refractivity contribution >= 4 is 5.82 Å². The number of nitrogens with two attached hydrogens (primary N) is 1. The summed E-state index contributed by atoms with van der Waals surface area (Å²) >= 11 is 0. The molecule has 2 aromatic rings. The van der Waals surface area contributed by atoms with Gasteiger partial charge in [0.2, 0.25) is 0 Å². The molecular weight excluding hydrogens is 252 g/mol. The normalized spacial score (nSPS) is 10.2. The standard InChI is InChI=1S/C15H16N4O/c1-2-3-9-19-14(17)12(10-16)13(18-15(19)20)11-7-5-4-6-8-11/h4-8H,2-3,9,17H2,1H3. The van der Waals surface area contributed by atoms with Crippen LogP contribution in [0.15, 0.2) is 35.1 Å². The van der Waals surface area contributed by atoms with E-state index >= 15 is 0 Å². The molecule has 2 N–H and O–H groups in total. The van der Waals surface area contributed by atoms with E-state index in [0.29, 0.717) is 12.2 Å². The van der Waals surface area contributed by atoms with Gasteiger partial charge < -0.3 is 5.73 Å². The van der Waals surface area contributed by atoms with E-state index in [0.717, 1.165) is 18.4 Å². The third-order valence-corrected chi connectivity index (χ3v) is 3.12. The van der Waals surface area contributed by atoms with Crippen LogP contribution in [0, 0.1) is 11.3 Å². The van der Waals surface area contributed by atoms with Gasteiger partial charge in [0.05, 0.1) is 5.69 Å². The van der Waals surface area contributed by atoms with Crippen LogP contribution in [-0.4, -0.2) is 9.55 Å². The molecule has 0 saturated carbocycles. The first-order valence-corrected chi connectivity index (χ1v) is 6.54. The largest absolute Gasteiger partial charge is 0.384 e. The van der Waals surface area contributed by atoms with Gasteiger partial charge in [0, 0.05) is 12.1 Å². The molecule has 5 heteroatoms. The first-order chi connectivity index (χ1) is 9.69. The number of nitrogen functional groups attached to an aromatic ring is 1. The lowest BCUT2D eigenvalue weighted by Crippen LogP contribution is -2.27. The molecule has 0 aliphatic heterocycles. The van der Waals surface area contributed by atoms with E-state index in [4.69, 9.17) is 5.73 Å².